The number of aromatic nitrogens is 1. The SMILES string of the molecule is Cc1cc(NC(=O)[C@H](C)OC(=O)c2cccc(N3CCCC3=O)c2)no1. The number of carbonyl (C=O) groups excluding carboxylic acids is 3. The van der Waals surface area contributed by atoms with Crippen LogP contribution in [0.25, 0.3) is 0 Å². The number of anilines is 2. The number of amides is 2. The lowest BCUT2D eigenvalue weighted by Crippen LogP contribution is -2.30. The molecule has 0 saturated carbocycles. The summed E-state index contributed by atoms with van der Waals surface area (Å²) in [6, 6.07) is 8.18. The lowest BCUT2D eigenvalue weighted by atomic mass is 10.2. The maximum atomic E-state index is 12.3. The van der Waals surface area contributed by atoms with Crippen LogP contribution in [0.3, 0.4) is 0 Å². The van der Waals surface area contributed by atoms with Crippen LogP contribution in [0, 0.1) is 6.92 Å². The van der Waals surface area contributed by atoms with E-state index in [-0.39, 0.29) is 17.3 Å². The molecule has 26 heavy (non-hydrogen) atoms. The van der Waals surface area contributed by atoms with E-state index < -0.39 is 18.0 Å². The van der Waals surface area contributed by atoms with Crippen LogP contribution in [-0.2, 0) is 14.3 Å². The van der Waals surface area contributed by atoms with Gasteiger partial charge in [0.05, 0.1) is 5.56 Å². The van der Waals surface area contributed by atoms with Gasteiger partial charge in [-0.05, 0) is 38.5 Å². The third-order valence-corrected chi connectivity index (χ3v) is 4.00. The molecule has 1 aromatic heterocycles. The Morgan fingerprint density at radius 2 is 2.15 bits per heavy atom. The quantitative estimate of drug-likeness (QED) is 0.824. The van der Waals surface area contributed by atoms with Crippen LogP contribution in [0.2, 0.25) is 0 Å². The lowest BCUT2D eigenvalue weighted by molar-refractivity contribution is -0.123. The minimum Gasteiger partial charge on any atom is -0.449 e. The van der Waals surface area contributed by atoms with Crippen molar-refractivity contribution in [3.05, 3.63) is 41.7 Å². The summed E-state index contributed by atoms with van der Waals surface area (Å²) in [4.78, 5) is 37.9. The first kappa shape index (κ1) is 17.7. The van der Waals surface area contributed by atoms with Crippen LogP contribution >= 0.6 is 0 Å². The maximum Gasteiger partial charge on any atom is 0.338 e. The van der Waals surface area contributed by atoms with Gasteiger partial charge in [-0.3, -0.25) is 9.59 Å². The van der Waals surface area contributed by atoms with E-state index in [0.717, 1.165) is 6.42 Å². The van der Waals surface area contributed by atoms with E-state index >= 15 is 0 Å². The molecule has 0 aliphatic carbocycles. The number of aryl methyl sites for hydroxylation is 1. The lowest BCUT2D eigenvalue weighted by Gasteiger charge is -2.17. The summed E-state index contributed by atoms with van der Waals surface area (Å²) < 4.78 is 10.1. The highest BCUT2D eigenvalue weighted by molar-refractivity contribution is 5.99. The van der Waals surface area contributed by atoms with Crippen molar-refractivity contribution in [3.63, 3.8) is 0 Å². The fourth-order valence-electron chi connectivity index (χ4n) is 2.66. The Morgan fingerprint density at radius 3 is 2.81 bits per heavy atom. The van der Waals surface area contributed by atoms with Gasteiger partial charge in [0.1, 0.15) is 5.76 Å². The molecule has 1 fully saturated rings. The minimum absolute atomic E-state index is 0.0335. The number of carbonyl (C=O) groups is 3. The molecule has 1 aliphatic rings. The molecular formula is C18H19N3O5. The molecule has 3 rings (SSSR count). The molecule has 2 aromatic rings. The number of hydrogen-bond donors (Lipinski definition) is 1. The van der Waals surface area contributed by atoms with Crippen LogP contribution in [-0.4, -0.2) is 35.6 Å². The molecule has 1 aliphatic heterocycles. The summed E-state index contributed by atoms with van der Waals surface area (Å²) >= 11 is 0. The Bertz CT molecular complexity index is 845. The van der Waals surface area contributed by atoms with E-state index in [4.69, 9.17) is 9.26 Å². The van der Waals surface area contributed by atoms with Gasteiger partial charge in [0.2, 0.25) is 5.91 Å². The van der Waals surface area contributed by atoms with E-state index in [1.807, 2.05) is 0 Å². The zero-order valence-corrected chi connectivity index (χ0v) is 14.5. The van der Waals surface area contributed by atoms with E-state index in [1.165, 1.54) is 6.92 Å². The summed E-state index contributed by atoms with van der Waals surface area (Å²) in [5, 5.41) is 6.16. The molecule has 136 valence electrons. The monoisotopic (exact) mass is 357 g/mol. The molecule has 0 bridgehead atoms. The van der Waals surface area contributed by atoms with Gasteiger partial charge in [-0.15, -0.1) is 0 Å². The molecule has 1 N–H and O–H groups in total. The highest BCUT2D eigenvalue weighted by atomic mass is 16.5. The van der Waals surface area contributed by atoms with Crippen LogP contribution in [0.1, 0.15) is 35.9 Å². The Hall–Kier alpha value is -3.16. The summed E-state index contributed by atoms with van der Waals surface area (Å²) in [5.74, 6) is -0.315. The number of nitrogens with zero attached hydrogens (tertiary/aromatic N) is 2. The first-order valence-corrected chi connectivity index (χ1v) is 8.29. The van der Waals surface area contributed by atoms with E-state index in [2.05, 4.69) is 10.5 Å². The third kappa shape index (κ3) is 3.90. The van der Waals surface area contributed by atoms with Gasteiger partial charge >= 0.3 is 5.97 Å². The van der Waals surface area contributed by atoms with Crippen molar-refractivity contribution in [2.75, 3.05) is 16.8 Å². The van der Waals surface area contributed by atoms with Crippen LogP contribution in [0.4, 0.5) is 11.5 Å². The normalized spacial score (nSPS) is 15.0. The second-order valence-corrected chi connectivity index (χ2v) is 6.06. The molecule has 1 saturated heterocycles. The number of ether oxygens (including phenoxy) is 1. The van der Waals surface area contributed by atoms with Crippen LogP contribution in [0.15, 0.2) is 34.9 Å². The fourth-order valence-corrected chi connectivity index (χ4v) is 2.66. The highest BCUT2D eigenvalue weighted by Crippen LogP contribution is 2.22. The summed E-state index contributed by atoms with van der Waals surface area (Å²) in [6.45, 7) is 3.80. The van der Waals surface area contributed by atoms with Gasteiger partial charge in [-0.2, -0.15) is 0 Å². The third-order valence-electron chi connectivity index (χ3n) is 4.00. The molecule has 2 amide bonds. The Morgan fingerprint density at radius 1 is 1.35 bits per heavy atom. The average Bonchev–Trinajstić information content (AvgIpc) is 3.23. The molecular weight excluding hydrogens is 338 g/mol. The minimum atomic E-state index is -1.02. The van der Waals surface area contributed by atoms with Gasteiger partial charge in [-0.25, -0.2) is 4.79 Å². The molecule has 0 unspecified atom stereocenters. The maximum absolute atomic E-state index is 12.3. The standard InChI is InChI=1S/C18H19N3O5/c1-11-9-15(20-26-11)19-17(23)12(2)25-18(24)13-5-3-6-14(10-13)21-8-4-7-16(21)22/h3,5-6,9-10,12H,4,7-8H2,1-2H3,(H,19,20,23)/t12-/m0/s1. The van der Waals surface area contributed by atoms with Crippen molar-refractivity contribution in [3.8, 4) is 0 Å². The topological polar surface area (TPSA) is 102 Å². The smallest absolute Gasteiger partial charge is 0.338 e. The number of nitrogens with one attached hydrogen (secondary N) is 1. The number of hydrogen-bond acceptors (Lipinski definition) is 6. The van der Waals surface area contributed by atoms with Gasteiger partial charge in [0, 0.05) is 24.7 Å². The number of esters is 1. The Balaban J connectivity index is 1.63. The van der Waals surface area contributed by atoms with Crippen molar-refractivity contribution >= 4 is 29.3 Å². The fraction of sp³-hybridized carbons (Fsp3) is 0.333. The van der Waals surface area contributed by atoms with E-state index in [0.29, 0.717) is 24.4 Å². The summed E-state index contributed by atoms with van der Waals surface area (Å²) in [7, 11) is 0. The second kappa shape index (κ2) is 7.38. The molecule has 1 aromatic carbocycles. The number of rotatable bonds is 5. The van der Waals surface area contributed by atoms with Gasteiger partial charge in [0.15, 0.2) is 11.9 Å². The molecule has 8 nitrogen and oxygen atoms in total. The van der Waals surface area contributed by atoms with Crippen LogP contribution in [0.5, 0.6) is 0 Å². The van der Waals surface area contributed by atoms with Crippen molar-refractivity contribution in [2.45, 2.75) is 32.8 Å². The van der Waals surface area contributed by atoms with Crippen LogP contribution < -0.4 is 10.2 Å². The van der Waals surface area contributed by atoms with Crippen molar-refractivity contribution in [1.82, 2.24) is 5.16 Å². The predicted molar refractivity (Wildman–Crippen MR) is 92.8 cm³/mol. The Labute approximate surface area is 150 Å². The molecule has 1 atom stereocenters. The van der Waals surface area contributed by atoms with Crippen molar-refractivity contribution in [2.24, 2.45) is 0 Å². The highest BCUT2D eigenvalue weighted by Gasteiger charge is 2.24. The largest absolute Gasteiger partial charge is 0.449 e. The number of benzene rings is 1. The second-order valence-electron chi connectivity index (χ2n) is 6.06. The van der Waals surface area contributed by atoms with Crippen molar-refractivity contribution in [1.29, 1.82) is 0 Å². The Kier molecular flexibility index (Phi) is 5.01. The first-order chi connectivity index (χ1) is 12.4. The van der Waals surface area contributed by atoms with E-state index in [1.54, 1.807) is 42.2 Å². The van der Waals surface area contributed by atoms with Crippen molar-refractivity contribution < 1.29 is 23.6 Å². The predicted octanol–water partition coefficient (Wildman–Crippen LogP) is 2.29. The molecule has 0 spiro atoms. The summed E-state index contributed by atoms with van der Waals surface area (Å²) in [5.41, 5.74) is 0.927. The zero-order chi connectivity index (χ0) is 18.7. The van der Waals surface area contributed by atoms with Gasteiger partial charge < -0.3 is 19.5 Å². The first-order valence-electron chi connectivity index (χ1n) is 8.29. The summed E-state index contributed by atoms with van der Waals surface area (Å²) in [6.07, 6.45) is 0.288. The molecule has 2 heterocycles. The average molecular weight is 357 g/mol. The molecule has 0 radical (unpaired) electrons. The van der Waals surface area contributed by atoms with Gasteiger partial charge in [-0.1, -0.05) is 11.2 Å². The van der Waals surface area contributed by atoms with Gasteiger partial charge in [0.25, 0.3) is 5.91 Å². The molecule has 8 heteroatoms. The zero-order valence-electron chi connectivity index (χ0n) is 14.5. The van der Waals surface area contributed by atoms with E-state index in [9.17, 15) is 14.4 Å².